The highest BCUT2D eigenvalue weighted by Gasteiger charge is 2.48. The van der Waals surface area contributed by atoms with Gasteiger partial charge in [0.05, 0.1) is 4.90 Å². The predicted octanol–water partition coefficient (Wildman–Crippen LogP) is 0.200. The zero-order valence-corrected chi connectivity index (χ0v) is 11.8. The summed E-state index contributed by atoms with van der Waals surface area (Å²) in [5.41, 5.74) is 5.71. The van der Waals surface area contributed by atoms with Crippen molar-refractivity contribution >= 4 is 15.8 Å². The molecule has 0 spiro atoms. The fourth-order valence-electron chi connectivity index (χ4n) is 1.88. The van der Waals surface area contributed by atoms with E-state index in [1.54, 1.807) is 6.07 Å². The van der Waals surface area contributed by atoms with Crippen molar-refractivity contribution in [1.29, 1.82) is 0 Å². The van der Waals surface area contributed by atoms with Crippen LogP contribution in [0.4, 0.5) is 0 Å². The number of carboxylic acids is 1. The lowest BCUT2D eigenvalue weighted by molar-refractivity contribution is -0.139. The van der Waals surface area contributed by atoms with E-state index in [0.717, 1.165) is 12.8 Å². The lowest BCUT2D eigenvalue weighted by Crippen LogP contribution is -2.60. The maximum Gasteiger partial charge on any atom is 0.341 e. The van der Waals surface area contributed by atoms with Crippen molar-refractivity contribution in [3.8, 4) is 0 Å². The van der Waals surface area contributed by atoms with Gasteiger partial charge in [-0.2, -0.15) is 0 Å². The van der Waals surface area contributed by atoms with Gasteiger partial charge in [-0.05, 0) is 37.4 Å². The Hall–Kier alpha value is -1.44. The van der Waals surface area contributed by atoms with Crippen molar-refractivity contribution in [1.82, 2.24) is 5.32 Å². The molecule has 7 heteroatoms. The van der Waals surface area contributed by atoms with Gasteiger partial charge < -0.3 is 16.2 Å². The normalized spacial score (nSPS) is 18.4. The summed E-state index contributed by atoms with van der Waals surface area (Å²) in [5.74, 6) is -1.04. The van der Waals surface area contributed by atoms with Crippen molar-refractivity contribution < 1.29 is 18.3 Å². The Labute approximate surface area is 117 Å². The molecule has 1 aliphatic carbocycles. The number of rotatable bonds is 7. The molecule has 20 heavy (non-hydrogen) atoms. The fourth-order valence-corrected chi connectivity index (χ4v) is 3.34. The van der Waals surface area contributed by atoms with Gasteiger partial charge in [0.1, 0.15) is 0 Å². The molecule has 0 heterocycles. The second-order valence-electron chi connectivity index (χ2n) is 5.09. The Bertz CT molecular complexity index is 584. The minimum absolute atomic E-state index is 0.0851. The van der Waals surface area contributed by atoms with Crippen LogP contribution in [0.1, 0.15) is 12.8 Å². The first-order valence-corrected chi connectivity index (χ1v) is 7.89. The zero-order valence-electron chi connectivity index (χ0n) is 11.0. The second kappa shape index (κ2) is 5.51. The lowest BCUT2D eigenvalue weighted by Gasteiger charge is -2.25. The first kappa shape index (κ1) is 15.0. The summed E-state index contributed by atoms with van der Waals surface area (Å²) in [7, 11) is -4.16. The van der Waals surface area contributed by atoms with Crippen molar-refractivity contribution in [2.45, 2.75) is 22.6 Å². The number of aliphatic carboxylic acids is 1. The third kappa shape index (κ3) is 2.84. The van der Waals surface area contributed by atoms with Gasteiger partial charge >= 0.3 is 5.97 Å². The molecule has 0 amide bonds. The summed E-state index contributed by atoms with van der Waals surface area (Å²) >= 11 is 0. The summed E-state index contributed by atoms with van der Waals surface area (Å²) in [4.78, 5) is 8.95. The van der Waals surface area contributed by atoms with Crippen molar-refractivity contribution in [2.75, 3.05) is 13.1 Å². The third-order valence-electron chi connectivity index (χ3n) is 3.41. The number of nitrogens with two attached hydrogens (primary N) is 1. The van der Waals surface area contributed by atoms with Crippen LogP contribution in [0.2, 0.25) is 0 Å². The van der Waals surface area contributed by atoms with E-state index in [-0.39, 0.29) is 11.4 Å². The van der Waals surface area contributed by atoms with Gasteiger partial charge in [0.2, 0.25) is 14.7 Å². The van der Waals surface area contributed by atoms with Crippen molar-refractivity contribution in [3.05, 3.63) is 30.3 Å². The van der Waals surface area contributed by atoms with E-state index in [9.17, 15) is 18.3 Å². The van der Waals surface area contributed by atoms with Crippen LogP contribution in [-0.4, -0.2) is 37.5 Å². The van der Waals surface area contributed by atoms with E-state index >= 15 is 0 Å². The van der Waals surface area contributed by atoms with Crippen LogP contribution in [0, 0.1) is 5.92 Å². The van der Waals surface area contributed by atoms with Crippen LogP contribution in [0.5, 0.6) is 0 Å². The molecule has 1 saturated carbocycles. The summed E-state index contributed by atoms with van der Waals surface area (Å²) < 4.78 is 24.9. The minimum atomic E-state index is -4.16. The van der Waals surface area contributed by atoms with E-state index in [4.69, 9.17) is 5.73 Å². The number of carboxylic acid groups (broad SMARTS) is 1. The number of hydrogen-bond donors (Lipinski definition) is 3. The fraction of sp³-hybridized carbons (Fsp3) is 0.462. The monoisotopic (exact) mass is 298 g/mol. The molecule has 1 aliphatic rings. The number of benzene rings is 1. The molecular weight excluding hydrogens is 280 g/mol. The largest absolute Gasteiger partial charge is 0.479 e. The molecular formula is C13H18N2O4S. The quantitative estimate of drug-likeness (QED) is 0.663. The molecule has 0 saturated heterocycles. The van der Waals surface area contributed by atoms with Gasteiger partial charge in [-0.1, -0.05) is 18.2 Å². The maximum atomic E-state index is 12.4. The molecule has 1 atom stereocenters. The molecule has 0 unspecified atom stereocenters. The molecule has 1 aromatic rings. The highest BCUT2D eigenvalue weighted by atomic mass is 32.2. The second-order valence-corrected chi connectivity index (χ2v) is 7.29. The number of nitrogens with one attached hydrogen (secondary N) is 1. The predicted molar refractivity (Wildman–Crippen MR) is 73.8 cm³/mol. The Kier molecular flexibility index (Phi) is 4.12. The van der Waals surface area contributed by atoms with Crippen molar-refractivity contribution in [2.24, 2.45) is 11.7 Å². The number of carbonyl (C=O) groups is 1. The average molecular weight is 298 g/mol. The maximum absolute atomic E-state index is 12.4. The first-order valence-electron chi connectivity index (χ1n) is 6.40. The molecule has 1 aromatic carbocycles. The minimum Gasteiger partial charge on any atom is -0.479 e. The Morgan fingerprint density at radius 2 is 1.95 bits per heavy atom. The van der Waals surface area contributed by atoms with Gasteiger partial charge in [0, 0.05) is 6.54 Å². The number of sulfone groups is 1. The highest BCUT2D eigenvalue weighted by molar-refractivity contribution is 7.93. The standard InChI is InChI=1S/C13H18N2O4S/c14-13(12(16)17,9-15-8-10-6-7-10)20(18,19)11-4-2-1-3-5-11/h1-5,10,15H,6-9,14H2,(H,16,17)/t13-/m0/s1. The molecule has 2 rings (SSSR count). The summed E-state index contributed by atoms with van der Waals surface area (Å²) in [5, 5.41) is 12.1. The van der Waals surface area contributed by atoms with Crippen LogP contribution >= 0.6 is 0 Å². The van der Waals surface area contributed by atoms with E-state index in [0.29, 0.717) is 12.5 Å². The zero-order chi connectivity index (χ0) is 14.8. The Balaban J connectivity index is 2.23. The van der Waals surface area contributed by atoms with Gasteiger partial charge in [-0.3, -0.25) is 0 Å². The van der Waals surface area contributed by atoms with Crippen LogP contribution in [0.15, 0.2) is 35.2 Å². The van der Waals surface area contributed by atoms with E-state index in [2.05, 4.69) is 5.32 Å². The summed E-state index contributed by atoms with van der Waals surface area (Å²) in [6, 6.07) is 7.42. The Morgan fingerprint density at radius 3 is 2.45 bits per heavy atom. The Morgan fingerprint density at radius 1 is 1.35 bits per heavy atom. The molecule has 0 aliphatic heterocycles. The molecule has 4 N–H and O–H groups in total. The van der Waals surface area contributed by atoms with E-state index in [1.807, 2.05) is 0 Å². The van der Waals surface area contributed by atoms with Crippen molar-refractivity contribution in [3.63, 3.8) is 0 Å². The SMILES string of the molecule is N[C@](CNCC1CC1)(C(=O)O)S(=O)(=O)c1ccccc1. The van der Waals surface area contributed by atoms with E-state index in [1.165, 1.54) is 24.3 Å². The molecule has 110 valence electrons. The summed E-state index contributed by atoms with van der Waals surface area (Å²) in [6.45, 7) is 0.284. The smallest absolute Gasteiger partial charge is 0.341 e. The highest BCUT2D eigenvalue weighted by Crippen LogP contribution is 2.28. The van der Waals surface area contributed by atoms with Crippen LogP contribution in [0.3, 0.4) is 0 Å². The molecule has 0 radical (unpaired) electrons. The van der Waals surface area contributed by atoms with Crippen LogP contribution in [0.25, 0.3) is 0 Å². The van der Waals surface area contributed by atoms with Gasteiger partial charge in [-0.25, -0.2) is 13.2 Å². The molecule has 0 bridgehead atoms. The first-order chi connectivity index (χ1) is 9.38. The van der Waals surface area contributed by atoms with Gasteiger partial charge in [0.15, 0.2) is 0 Å². The third-order valence-corrected chi connectivity index (χ3v) is 5.58. The lowest BCUT2D eigenvalue weighted by atomic mass is 10.3. The van der Waals surface area contributed by atoms with E-state index < -0.39 is 20.7 Å². The molecule has 1 fully saturated rings. The number of hydrogen-bond acceptors (Lipinski definition) is 5. The molecule has 6 nitrogen and oxygen atoms in total. The van der Waals surface area contributed by atoms with Crippen LogP contribution < -0.4 is 11.1 Å². The van der Waals surface area contributed by atoms with Crippen LogP contribution in [-0.2, 0) is 14.6 Å². The summed E-state index contributed by atoms with van der Waals surface area (Å²) in [6.07, 6.45) is 2.17. The van der Waals surface area contributed by atoms with Gasteiger partial charge in [0.25, 0.3) is 0 Å². The molecule has 0 aromatic heterocycles. The van der Waals surface area contributed by atoms with Gasteiger partial charge in [-0.15, -0.1) is 0 Å². The topological polar surface area (TPSA) is 109 Å². The average Bonchev–Trinajstić information content (AvgIpc) is 3.23.